The molecule has 4 nitrogen and oxygen atoms in total. The van der Waals surface area contributed by atoms with E-state index < -0.39 is 15.1 Å². The van der Waals surface area contributed by atoms with Crippen LogP contribution in [-0.2, 0) is 6.42 Å². The Kier molecular flexibility index (Phi) is 7.31. The van der Waals surface area contributed by atoms with E-state index in [-0.39, 0.29) is 5.56 Å². The van der Waals surface area contributed by atoms with Gasteiger partial charge in [0.2, 0.25) is 0 Å². The van der Waals surface area contributed by atoms with Gasteiger partial charge in [0, 0.05) is 70.1 Å². The van der Waals surface area contributed by atoms with E-state index in [1.165, 1.54) is 6.07 Å². The van der Waals surface area contributed by atoms with Crippen molar-refractivity contribution in [3.05, 3.63) is 59.2 Å². The number of hydrogen-bond donors (Lipinski definition) is 1. The van der Waals surface area contributed by atoms with Crippen LogP contribution in [0.25, 0.3) is 11.6 Å². The molecule has 1 N–H and O–H groups in total. The summed E-state index contributed by atoms with van der Waals surface area (Å²) >= 11 is 0. The first-order valence-electron chi connectivity index (χ1n) is 13.9. The molecule has 1 aliphatic carbocycles. The van der Waals surface area contributed by atoms with Gasteiger partial charge in [-0.15, -0.1) is 0 Å². The molecule has 0 radical (unpaired) electrons. The van der Waals surface area contributed by atoms with Crippen LogP contribution in [-0.4, -0.2) is 74.2 Å². The molecule has 5 rings (SSSR count). The lowest BCUT2D eigenvalue weighted by Gasteiger charge is -2.40. The molecule has 0 bridgehead atoms. The van der Waals surface area contributed by atoms with Gasteiger partial charge in [-0.1, -0.05) is 43.7 Å². The summed E-state index contributed by atoms with van der Waals surface area (Å²) in [6.45, 7) is 13.0. The largest absolute Gasteiger partial charge is 0.371 e. The molecule has 2 saturated heterocycles. The Morgan fingerprint density at radius 1 is 0.897 bits per heavy atom. The number of benzene rings is 2. The Hall–Kier alpha value is -2.14. The topological polar surface area (TPSA) is 21.8 Å². The number of allylic oxidation sites excluding steroid dienone is 1. The van der Waals surface area contributed by atoms with Crippen LogP contribution in [0.3, 0.4) is 0 Å². The lowest BCUT2D eigenvalue weighted by molar-refractivity contribution is 0.108. The van der Waals surface area contributed by atoms with Gasteiger partial charge in [0.15, 0.2) is 0 Å². The number of rotatable bonds is 8. The Morgan fingerprint density at radius 3 is 2.28 bits per heavy atom. The highest BCUT2D eigenvalue weighted by Gasteiger charge is 2.65. The second-order valence-electron chi connectivity index (χ2n) is 11.4. The summed E-state index contributed by atoms with van der Waals surface area (Å²) in [6, 6.07) is 11.4. The Labute approximate surface area is 228 Å². The number of halogens is 5. The minimum Gasteiger partial charge on any atom is -0.371 e. The SMILES string of the molecule is CC(C)N1CCN(CCNC2CCN(c3cccc(C4=Cc5cc(S(F)(F)(F)(F)F)ccc5C4)c3)CC2)CC1. The molecule has 2 aliphatic heterocycles. The van der Waals surface area contributed by atoms with Crippen molar-refractivity contribution in [3.63, 3.8) is 0 Å². The molecule has 216 valence electrons. The van der Waals surface area contributed by atoms with Crippen LogP contribution in [0.4, 0.5) is 25.1 Å². The molecule has 10 heteroatoms. The molecule has 0 amide bonds. The number of nitrogens with zero attached hydrogens (tertiary/aromatic N) is 3. The van der Waals surface area contributed by atoms with Crippen molar-refractivity contribution in [2.45, 2.75) is 50.1 Å². The molecule has 2 heterocycles. The first-order valence-corrected chi connectivity index (χ1v) is 15.8. The summed E-state index contributed by atoms with van der Waals surface area (Å²) in [6.07, 6.45) is 4.14. The van der Waals surface area contributed by atoms with Crippen molar-refractivity contribution in [2.24, 2.45) is 0 Å². The first kappa shape index (κ1) is 28.4. The van der Waals surface area contributed by atoms with Crippen LogP contribution >= 0.6 is 10.2 Å². The smallest absolute Gasteiger partial charge is 0.310 e. The van der Waals surface area contributed by atoms with E-state index in [0.29, 0.717) is 36.2 Å². The molecule has 3 aliphatic rings. The molecule has 0 unspecified atom stereocenters. The van der Waals surface area contributed by atoms with E-state index in [4.69, 9.17) is 0 Å². The standard InChI is InChI=1S/C29H39F5N4S/c1-22(2)37-16-14-36(15-17-37)13-10-35-27-8-11-38(12-9-27)28-5-3-4-23(20-28)25-18-24-6-7-29(21-26(24)19-25)39(30,31,32,33)34/h3-7,19-22,27,35H,8-18H2,1-2H3. The summed E-state index contributed by atoms with van der Waals surface area (Å²) < 4.78 is 66.4. The summed E-state index contributed by atoms with van der Waals surface area (Å²) in [5, 5.41) is 3.74. The molecule has 0 atom stereocenters. The van der Waals surface area contributed by atoms with E-state index in [1.807, 2.05) is 12.1 Å². The van der Waals surface area contributed by atoms with Crippen molar-refractivity contribution >= 4 is 27.6 Å². The maximum absolute atomic E-state index is 13.3. The van der Waals surface area contributed by atoms with Crippen LogP contribution in [0.15, 0.2) is 47.4 Å². The fourth-order valence-corrected chi connectivity index (χ4v) is 6.59. The summed E-state index contributed by atoms with van der Waals surface area (Å²) in [4.78, 5) is 5.59. The fourth-order valence-electron chi connectivity index (χ4n) is 5.91. The van der Waals surface area contributed by atoms with Gasteiger partial charge in [-0.25, -0.2) is 0 Å². The van der Waals surface area contributed by atoms with Crippen molar-refractivity contribution < 1.29 is 19.4 Å². The molecule has 2 fully saturated rings. The molecule has 0 spiro atoms. The highest BCUT2D eigenvalue weighted by molar-refractivity contribution is 8.45. The number of hydrogen-bond acceptors (Lipinski definition) is 4. The molecular formula is C29H39F5N4S. The number of fused-ring (bicyclic) bond motifs is 1. The van der Waals surface area contributed by atoms with Gasteiger partial charge in [0.25, 0.3) is 0 Å². The van der Waals surface area contributed by atoms with E-state index >= 15 is 0 Å². The van der Waals surface area contributed by atoms with Crippen molar-refractivity contribution in [1.82, 2.24) is 15.1 Å². The van der Waals surface area contributed by atoms with Crippen molar-refractivity contribution in [2.75, 3.05) is 57.3 Å². The zero-order valence-corrected chi connectivity index (χ0v) is 23.5. The van der Waals surface area contributed by atoms with Gasteiger partial charge in [-0.2, -0.15) is 0 Å². The highest BCUT2D eigenvalue weighted by Crippen LogP contribution is 3.02. The number of piperidine rings is 1. The number of piperazine rings is 1. The second kappa shape index (κ2) is 10.0. The maximum atomic E-state index is 13.3. The zero-order chi connectivity index (χ0) is 27.9. The predicted octanol–water partition coefficient (Wildman–Crippen LogP) is 7.03. The predicted molar refractivity (Wildman–Crippen MR) is 152 cm³/mol. The van der Waals surface area contributed by atoms with E-state index in [2.05, 4.69) is 46.0 Å². The fraction of sp³-hybridized carbons (Fsp3) is 0.517. The summed E-state index contributed by atoms with van der Waals surface area (Å²) in [5.41, 5.74) is 3.69. The average Bonchev–Trinajstić information content (AvgIpc) is 3.32. The molecule has 0 aromatic heterocycles. The van der Waals surface area contributed by atoms with Gasteiger partial charge < -0.3 is 10.2 Å². The molecule has 39 heavy (non-hydrogen) atoms. The van der Waals surface area contributed by atoms with Gasteiger partial charge in [0.1, 0.15) is 4.90 Å². The minimum absolute atomic E-state index is 0.217. The van der Waals surface area contributed by atoms with Crippen LogP contribution in [0.1, 0.15) is 43.4 Å². The molecule has 0 saturated carbocycles. The van der Waals surface area contributed by atoms with Crippen LogP contribution in [0.5, 0.6) is 0 Å². The van der Waals surface area contributed by atoms with Gasteiger partial charge in [-0.05, 0) is 79.6 Å². The van der Waals surface area contributed by atoms with Gasteiger partial charge in [0.05, 0.1) is 0 Å². The molecular weight excluding hydrogens is 531 g/mol. The summed E-state index contributed by atoms with van der Waals surface area (Å²) in [5.74, 6) is 0. The Balaban J connectivity index is 1.14. The highest BCUT2D eigenvalue weighted by atomic mass is 32.5. The third kappa shape index (κ3) is 6.96. The molecule has 2 aromatic carbocycles. The zero-order valence-electron chi connectivity index (χ0n) is 22.7. The number of nitrogens with one attached hydrogen (secondary N) is 1. The lowest BCUT2D eigenvalue weighted by Crippen LogP contribution is -2.51. The third-order valence-electron chi connectivity index (χ3n) is 8.35. The Morgan fingerprint density at radius 2 is 1.62 bits per heavy atom. The monoisotopic (exact) mass is 570 g/mol. The van der Waals surface area contributed by atoms with Crippen molar-refractivity contribution in [3.8, 4) is 0 Å². The summed E-state index contributed by atoms with van der Waals surface area (Å²) in [7, 11) is -9.70. The minimum atomic E-state index is -9.70. The van der Waals surface area contributed by atoms with Crippen molar-refractivity contribution in [1.29, 1.82) is 0 Å². The number of anilines is 1. The van der Waals surface area contributed by atoms with E-state index in [9.17, 15) is 19.4 Å². The quantitative estimate of drug-likeness (QED) is 0.344. The van der Waals surface area contributed by atoms with Gasteiger partial charge in [-0.3, -0.25) is 9.80 Å². The van der Waals surface area contributed by atoms with Crippen LogP contribution in [0.2, 0.25) is 0 Å². The maximum Gasteiger partial charge on any atom is 0.310 e. The first-order chi connectivity index (χ1) is 18.2. The molecule has 2 aromatic rings. The van der Waals surface area contributed by atoms with Gasteiger partial charge >= 0.3 is 10.2 Å². The van der Waals surface area contributed by atoms with Crippen LogP contribution in [0, 0.1) is 0 Å². The van der Waals surface area contributed by atoms with Crippen LogP contribution < -0.4 is 10.2 Å². The Bertz CT molecular complexity index is 1220. The lowest BCUT2D eigenvalue weighted by atomic mass is 10.0. The van der Waals surface area contributed by atoms with E-state index in [0.717, 1.165) is 82.0 Å². The third-order valence-corrected chi connectivity index (χ3v) is 9.49. The average molecular weight is 571 g/mol. The second-order valence-corrected chi connectivity index (χ2v) is 13.8. The normalized spacial score (nSPS) is 21.5. The van der Waals surface area contributed by atoms with E-state index in [1.54, 1.807) is 6.08 Å².